The molecule has 1 aromatic carbocycles. The lowest BCUT2D eigenvalue weighted by molar-refractivity contribution is 0.178. The summed E-state index contributed by atoms with van der Waals surface area (Å²) in [5.41, 5.74) is 2.22. The number of sulfonamides is 1. The van der Waals surface area contributed by atoms with Crippen LogP contribution >= 0.6 is 0 Å². The molecular weight excluding hydrogens is 298 g/mol. The molecule has 1 fully saturated rings. The molecule has 1 saturated heterocycles. The minimum atomic E-state index is -3.23. The largest absolute Gasteiger partial charge is 0.316 e. The van der Waals surface area contributed by atoms with Crippen molar-refractivity contribution in [3.05, 3.63) is 29.8 Å². The van der Waals surface area contributed by atoms with E-state index in [0.717, 1.165) is 44.0 Å². The molecule has 3 rings (SSSR count). The first-order chi connectivity index (χ1) is 10.4. The Kier molecular flexibility index (Phi) is 4.18. The van der Waals surface area contributed by atoms with E-state index in [2.05, 4.69) is 17.1 Å². The summed E-state index contributed by atoms with van der Waals surface area (Å²) < 4.78 is 25.8. The second-order valence-electron chi connectivity index (χ2n) is 6.91. The van der Waals surface area contributed by atoms with E-state index >= 15 is 0 Å². The van der Waals surface area contributed by atoms with Gasteiger partial charge >= 0.3 is 0 Å². The van der Waals surface area contributed by atoms with E-state index in [0.29, 0.717) is 6.54 Å². The lowest BCUT2D eigenvalue weighted by Gasteiger charge is -2.31. The average molecular weight is 323 g/mol. The summed E-state index contributed by atoms with van der Waals surface area (Å²) in [6.07, 6.45) is 2.47. The maximum Gasteiger partial charge on any atom is 0.232 e. The van der Waals surface area contributed by atoms with Crippen molar-refractivity contribution in [1.29, 1.82) is 0 Å². The fraction of sp³-hybridized carbons (Fsp3) is 0.625. The number of para-hydroxylation sites is 1. The first-order valence-electron chi connectivity index (χ1n) is 7.86. The normalized spacial score (nSPS) is 26.7. The summed E-state index contributed by atoms with van der Waals surface area (Å²) >= 11 is 0. The van der Waals surface area contributed by atoms with Crippen LogP contribution < -0.4 is 9.62 Å². The molecule has 22 heavy (non-hydrogen) atoms. The molecule has 0 saturated carbocycles. The molecule has 1 atom stereocenters. The van der Waals surface area contributed by atoms with Gasteiger partial charge in [-0.25, -0.2) is 8.42 Å². The third-order valence-electron chi connectivity index (χ3n) is 4.74. The molecule has 1 unspecified atom stereocenters. The van der Waals surface area contributed by atoms with Crippen LogP contribution in [0.25, 0.3) is 0 Å². The Hall–Kier alpha value is -1.11. The second kappa shape index (κ2) is 5.83. The van der Waals surface area contributed by atoms with E-state index in [1.807, 2.05) is 24.3 Å². The van der Waals surface area contributed by atoms with Gasteiger partial charge < -0.3 is 5.32 Å². The molecule has 1 aromatic rings. The number of fused-ring (bicyclic) bond motifs is 1. The maximum absolute atomic E-state index is 12.1. The molecule has 2 aliphatic heterocycles. The van der Waals surface area contributed by atoms with Crippen LogP contribution in [-0.2, 0) is 16.6 Å². The van der Waals surface area contributed by atoms with E-state index in [9.17, 15) is 8.42 Å². The highest BCUT2D eigenvalue weighted by Gasteiger charge is 2.33. The van der Waals surface area contributed by atoms with Crippen molar-refractivity contribution >= 4 is 15.7 Å². The van der Waals surface area contributed by atoms with Crippen LogP contribution in [0.3, 0.4) is 0 Å². The van der Waals surface area contributed by atoms with E-state index in [1.165, 1.54) is 12.7 Å². The Bertz CT molecular complexity index is 639. The van der Waals surface area contributed by atoms with Gasteiger partial charge in [0.05, 0.1) is 11.9 Å². The first-order valence-corrected chi connectivity index (χ1v) is 9.71. The monoisotopic (exact) mass is 323 g/mol. The average Bonchev–Trinajstić information content (AvgIpc) is 2.76. The van der Waals surface area contributed by atoms with Gasteiger partial charge in [0.15, 0.2) is 0 Å². The van der Waals surface area contributed by atoms with Gasteiger partial charge in [0.25, 0.3) is 0 Å². The summed E-state index contributed by atoms with van der Waals surface area (Å²) in [5.74, 6) is 0. The highest BCUT2D eigenvalue weighted by atomic mass is 32.2. The van der Waals surface area contributed by atoms with E-state index in [-0.39, 0.29) is 5.41 Å². The lowest BCUT2D eigenvalue weighted by Crippen LogP contribution is -2.40. The lowest BCUT2D eigenvalue weighted by atomic mass is 9.89. The van der Waals surface area contributed by atoms with Crippen LogP contribution in [0.2, 0.25) is 0 Å². The van der Waals surface area contributed by atoms with Crippen molar-refractivity contribution in [2.45, 2.75) is 19.9 Å². The molecule has 0 bridgehead atoms. The zero-order valence-corrected chi connectivity index (χ0v) is 14.2. The number of benzene rings is 1. The molecule has 0 spiro atoms. The number of nitrogens with zero attached hydrogens (tertiary/aromatic N) is 2. The third-order valence-corrected chi connectivity index (χ3v) is 5.92. The standard InChI is InChI=1S/C16H25N3O2S/c1-16(7-8-17-12-16)13-18-9-10-19(22(2,20)21)15-6-4-3-5-14(15)11-18/h3-6,17H,7-13H2,1-2H3. The van der Waals surface area contributed by atoms with Crippen molar-refractivity contribution in [2.75, 3.05) is 43.3 Å². The van der Waals surface area contributed by atoms with Crippen LogP contribution in [-0.4, -0.2) is 52.3 Å². The summed E-state index contributed by atoms with van der Waals surface area (Å²) in [6, 6.07) is 7.86. The van der Waals surface area contributed by atoms with Gasteiger partial charge in [0, 0.05) is 32.7 Å². The Morgan fingerprint density at radius 3 is 2.73 bits per heavy atom. The number of nitrogens with one attached hydrogen (secondary N) is 1. The predicted octanol–water partition coefficient (Wildman–Crippen LogP) is 1.27. The quantitative estimate of drug-likeness (QED) is 0.910. The molecule has 0 radical (unpaired) electrons. The molecule has 0 amide bonds. The molecule has 2 heterocycles. The van der Waals surface area contributed by atoms with Crippen molar-refractivity contribution in [2.24, 2.45) is 5.41 Å². The molecule has 122 valence electrons. The van der Waals surface area contributed by atoms with Crippen LogP contribution in [0.5, 0.6) is 0 Å². The zero-order chi connectivity index (χ0) is 15.8. The van der Waals surface area contributed by atoms with E-state index in [1.54, 1.807) is 4.31 Å². The summed E-state index contributed by atoms with van der Waals surface area (Å²) in [5, 5.41) is 3.44. The number of hydrogen-bond acceptors (Lipinski definition) is 4. The van der Waals surface area contributed by atoms with Gasteiger partial charge in [0.1, 0.15) is 0 Å². The minimum absolute atomic E-state index is 0.287. The topological polar surface area (TPSA) is 52.7 Å². The van der Waals surface area contributed by atoms with Gasteiger partial charge in [-0.2, -0.15) is 0 Å². The summed E-state index contributed by atoms with van der Waals surface area (Å²) in [7, 11) is -3.23. The maximum atomic E-state index is 12.1. The fourth-order valence-corrected chi connectivity index (χ4v) is 4.53. The fourth-order valence-electron chi connectivity index (χ4n) is 3.58. The smallest absolute Gasteiger partial charge is 0.232 e. The van der Waals surface area contributed by atoms with Crippen molar-refractivity contribution in [1.82, 2.24) is 10.2 Å². The van der Waals surface area contributed by atoms with Crippen LogP contribution in [0.4, 0.5) is 5.69 Å². The SMILES string of the molecule is CC1(CN2CCN(S(C)(=O)=O)c3ccccc3C2)CCNC1. The molecule has 1 N–H and O–H groups in total. The molecule has 0 aromatic heterocycles. The summed E-state index contributed by atoms with van der Waals surface area (Å²) in [4.78, 5) is 2.40. The zero-order valence-electron chi connectivity index (χ0n) is 13.4. The van der Waals surface area contributed by atoms with Crippen LogP contribution in [0, 0.1) is 5.41 Å². The Labute approximate surface area is 133 Å². The van der Waals surface area contributed by atoms with Crippen LogP contribution in [0.15, 0.2) is 24.3 Å². The highest BCUT2D eigenvalue weighted by molar-refractivity contribution is 7.92. The van der Waals surface area contributed by atoms with Crippen molar-refractivity contribution in [3.8, 4) is 0 Å². The van der Waals surface area contributed by atoms with E-state index < -0.39 is 10.0 Å². The van der Waals surface area contributed by atoms with Crippen molar-refractivity contribution in [3.63, 3.8) is 0 Å². The number of anilines is 1. The van der Waals surface area contributed by atoms with Gasteiger partial charge in [-0.1, -0.05) is 25.1 Å². The predicted molar refractivity (Wildman–Crippen MR) is 89.5 cm³/mol. The molecule has 6 heteroatoms. The Morgan fingerprint density at radius 1 is 1.27 bits per heavy atom. The van der Waals surface area contributed by atoms with Gasteiger partial charge in [-0.15, -0.1) is 0 Å². The van der Waals surface area contributed by atoms with E-state index in [4.69, 9.17) is 0 Å². The Balaban J connectivity index is 1.85. The molecule has 5 nitrogen and oxygen atoms in total. The summed E-state index contributed by atoms with van der Waals surface area (Å²) in [6.45, 7) is 7.57. The first kappa shape index (κ1) is 15.8. The Morgan fingerprint density at radius 2 is 2.05 bits per heavy atom. The van der Waals surface area contributed by atoms with Crippen molar-refractivity contribution < 1.29 is 8.42 Å². The van der Waals surface area contributed by atoms with Gasteiger partial charge in [-0.05, 0) is 30.0 Å². The number of hydrogen-bond donors (Lipinski definition) is 1. The van der Waals surface area contributed by atoms with Crippen LogP contribution in [0.1, 0.15) is 18.9 Å². The third kappa shape index (κ3) is 3.29. The second-order valence-corrected chi connectivity index (χ2v) is 8.82. The molecular formula is C16H25N3O2S. The molecule has 0 aliphatic carbocycles. The molecule has 2 aliphatic rings. The minimum Gasteiger partial charge on any atom is -0.316 e. The van der Waals surface area contributed by atoms with Gasteiger partial charge in [-0.3, -0.25) is 9.21 Å². The number of rotatable bonds is 3. The highest BCUT2D eigenvalue weighted by Crippen LogP contribution is 2.30. The van der Waals surface area contributed by atoms with Gasteiger partial charge in [0.2, 0.25) is 10.0 Å².